The lowest BCUT2D eigenvalue weighted by molar-refractivity contribution is 0.806. The van der Waals surface area contributed by atoms with Crippen molar-refractivity contribution in [3.05, 3.63) is 197 Å². The van der Waals surface area contributed by atoms with Gasteiger partial charge in [-0.25, -0.2) is 15.0 Å². The highest BCUT2D eigenvalue weighted by molar-refractivity contribution is 5.98. The molecule has 85 heavy (non-hydrogen) atoms. The number of nitrogens with zero attached hydrogens (tertiary/aromatic N) is 9. The molecule has 0 saturated heterocycles. The van der Waals surface area contributed by atoms with Gasteiger partial charge in [-0.15, -0.1) is 0 Å². The number of fused-ring (bicyclic) bond motifs is 10. The Morgan fingerprint density at radius 1 is 0.353 bits per heavy atom. The van der Waals surface area contributed by atoms with E-state index in [2.05, 4.69) is 267 Å². The van der Waals surface area contributed by atoms with Gasteiger partial charge in [-0.1, -0.05) is 178 Å². The summed E-state index contributed by atoms with van der Waals surface area (Å²) in [4.78, 5) is 21.1. The highest BCUT2D eigenvalue weighted by Gasteiger charge is 2.27. The average Bonchev–Trinajstić information content (AvgIpc) is 1.62. The molecule has 0 N–H and O–H groups in total. The molecule has 0 aliphatic rings. The Kier molecular flexibility index (Phi) is 13.9. The van der Waals surface area contributed by atoms with E-state index in [9.17, 15) is 0 Å². The fraction of sp³-hybridized carbons (Fsp3) is 0.316. The molecule has 0 amide bonds. The van der Waals surface area contributed by atoms with Crippen LogP contribution in [0.25, 0.3) is 106 Å². The van der Waals surface area contributed by atoms with E-state index >= 15 is 0 Å². The molecule has 7 aromatic carbocycles. The fourth-order valence-electron chi connectivity index (χ4n) is 13.5. The van der Waals surface area contributed by atoms with Crippen LogP contribution >= 0.6 is 0 Å². The molecule has 0 bridgehead atoms. The Labute approximate surface area is 501 Å². The Hall–Kier alpha value is -8.56. The smallest absolute Gasteiger partial charge is 0.220 e. The van der Waals surface area contributed by atoms with E-state index in [1.807, 2.05) is 18.6 Å². The number of benzene rings is 7. The fourth-order valence-corrected chi connectivity index (χ4v) is 13.5. The molecule has 0 aliphatic heterocycles. The number of aromatic nitrogens is 9. The van der Waals surface area contributed by atoms with Crippen LogP contribution in [0.1, 0.15) is 203 Å². The van der Waals surface area contributed by atoms with E-state index in [-0.39, 0.29) is 0 Å². The molecule has 0 unspecified atom stereocenters. The van der Waals surface area contributed by atoms with Gasteiger partial charge in [0.2, 0.25) is 11.6 Å². The van der Waals surface area contributed by atoms with Crippen LogP contribution in [-0.2, 0) is 0 Å². The van der Waals surface area contributed by atoms with Crippen LogP contribution < -0.4 is 0 Å². The first-order valence-corrected chi connectivity index (χ1v) is 31.2. The maximum absolute atomic E-state index is 5.66. The Morgan fingerprint density at radius 2 is 0.859 bits per heavy atom. The third kappa shape index (κ3) is 9.10. The monoisotopic (exact) mass is 1120 g/mol. The topological polar surface area (TPSA) is 75.2 Å². The molecular formula is C76H81N9. The largest absolute Gasteiger partial charge is 0.299 e. The number of para-hydroxylation sites is 3. The lowest BCUT2D eigenvalue weighted by Crippen LogP contribution is -2.08. The minimum atomic E-state index is 0.316. The SMILES string of the molecule is CC(C)c1cc(C(C)C)c(-c2ccc3nc4n(-c5ccc6c(c5)n(-c5cncc(-c7nccn7-c7c(C(C)C)cccc7C(C)C)c5)c5nc7ccccc7n65)c5ccc(-c6c(C(C)C)cc(C(C)C)cc6C(C)C)cc5n4c3c2)c(C(C)C)c1. The second kappa shape index (κ2) is 21.2. The maximum Gasteiger partial charge on any atom is 0.220 e. The Bertz CT molecular complexity index is 4660. The Balaban J connectivity index is 1.08. The summed E-state index contributed by atoms with van der Waals surface area (Å²) in [6.45, 7) is 37.1. The van der Waals surface area contributed by atoms with Crippen molar-refractivity contribution in [2.24, 2.45) is 0 Å². The van der Waals surface area contributed by atoms with Crippen molar-refractivity contribution in [3.8, 4) is 50.7 Å². The van der Waals surface area contributed by atoms with Crippen molar-refractivity contribution in [1.29, 1.82) is 0 Å². The molecule has 6 heterocycles. The molecule has 430 valence electrons. The maximum atomic E-state index is 5.66. The first-order chi connectivity index (χ1) is 40.8. The zero-order chi connectivity index (χ0) is 59.6. The van der Waals surface area contributed by atoms with Gasteiger partial charge in [0.25, 0.3) is 0 Å². The zero-order valence-corrected chi connectivity index (χ0v) is 52.6. The molecule has 0 atom stereocenters. The van der Waals surface area contributed by atoms with Crippen molar-refractivity contribution < 1.29 is 0 Å². The molecule has 9 heteroatoms. The van der Waals surface area contributed by atoms with Gasteiger partial charge in [-0.2, -0.15) is 0 Å². The number of hydrogen-bond acceptors (Lipinski definition) is 4. The van der Waals surface area contributed by atoms with E-state index in [4.69, 9.17) is 19.9 Å². The van der Waals surface area contributed by atoms with Gasteiger partial charge >= 0.3 is 0 Å². The second-order valence-electron chi connectivity index (χ2n) is 26.5. The molecule has 6 aromatic heterocycles. The first kappa shape index (κ1) is 55.6. The highest BCUT2D eigenvalue weighted by Crippen LogP contribution is 2.45. The Morgan fingerprint density at radius 3 is 1.42 bits per heavy atom. The van der Waals surface area contributed by atoms with Crippen LogP contribution in [0.15, 0.2) is 152 Å². The van der Waals surface area contributed by atoms with Gasteiger partial charge in [0, 0.05) is 24.2 Å². The standard InChI is InChI=1S/C76H81N9/c1-42(2)52-33-59(46(9)10)71(60(34-52)47(11)12)50-24-27-64-68(37-50)85-69-38-51(72-61(48(13)14)35-53(43(3)4)36-62(72)49(15)16)25-28-66(69)82(75(85)80-64)55-26-29-67-70(39-55)83(76-79-63-22-17-18-23-65(63)84(67)76)56-32-54(40-77-41-56)74-78-30-31-81(74)73-57(44(5)6)20-19-21-58(73)45(7)8/h17-49H,1-16H3. The summed E-state index contributed by atoms with van der Waals surface area (Å²) in [7, 11) is 0. The lowest BCUT2D eigenvalue weighted by Gasteiger charge is -2.23. The summed E-state index contributed by atoms with van der Waals surface area (Å²) in [6.07, 6.45) is 7.92. The van der Waals surface area contributed by atoms with Crippen LogP contribution in [0.3, 0.4) is 0 Å². The summed E-state index contributed by atoms with van der Waals surface area (Å²) >= 11 is 0. The molecule has 0 fully saturated rings. The van der Waals surface area contributed by atoms with Crippen LogP contribution in [0, 0.1) is 0 Å². The zero-order valence-electron chi connectivity index (χ0n) is 52.6. The molecule has 13 aromatic rings. The molecule has 13 rings (SSSR count). The summed E-state index contributed by atoms with van der Waals surface area (Å²) in [5.41, 5.74) is 28.3. The van der Waals surface area contributed by atoms with Crippen LogP contribution in [0.5, 0.6) is 0 Å². The van der Waals surface area contributed by atoms with Crippen LogP contribution in [0.2, 0.25) is 0 Å². The first-order valence-electron chi connectivity index (χ1n) is 31.2. The molecular weight excluding hydrogens is 1040 g/mol. The quantitative estimate of drug-likeness (QED) is 0.109. The van der Waals surface area contributed by atoms with Crippen molar-refractivity contribution in [2.45, 2.75) is 158 Å². The van der Waals surface area contributed by atoms with E-state index in [1.165, 1.54) is 72.4 Å². The van der Waals surface area contributed by atoms with Gasteiger partial charge in [-0.05, 0) is 175 Å². The van der Waals surface area contributed by atoms with Gasteiger partial charge < -0.3 is 0 Å². The lowest BCUT2D eigenvalue weighted by atomic mass is 9.81. The minimum Gasteiger partial charge on any atom is -0.299 e. The molecule has 0 aliphatic carbocycles. The number of pyridine rings is 1. The van der Waals surface area contributed by atoms with E-state index in [1.54, 1.807) is 0 Å². The van der Waals surface area contributed by atoms with Gasteiger partial charge in [0.05, 0.1) is 67.4 Å². The van der Waals surface area contributed by atoms with Crippen molar-refractivity contribution >= 4 is 55.7 Å². The summed E-state index contributed by atoms with van der Waals surface area (Å²) < 4.78 is 11.7. The van der Waals surface area contributed by atoms with Gasteiger partial charge in [0.1, 0.15) is 5.82 Å². The number of imidazole rings is 5. The molecule has 0 saturated carbocycles. The second-order valence-corrected chi connectivity index (χ2v) is 26.5. The molecule has 0 spiro atoms. The predicted octanol–water partition coefficient (Wildman–Crippen LogP) is 20.7. The predicted molar refractivity (Wildman–Crippen MR) is 357 cm³/mol. The normalized spacial score (nSPS) is 12.6. The summed E-state index contributed by atoms with van der Waals surface area (Å²) in [5, 5.41) is 0. The van der Waals surface area contributed by atoms with E-state index in [0.29, 0.717) is 47.3 Å². The average molecular weight is 1120 g/mol. The third-order valence-electron chi connectivity index (χ3n) is 18.0. The summed E-state index contributed by atoms with van der Waals surface area (Å²) in [5.74, 6) is 5.31. The van der Waals surface area contributed by atoms with Crippen LogP contribution in [0.4, 0.5) is 0 Å². The van der Waals surface area contributed by atoms with Crippen molar-refractivity contribution in [2.75, 3.05) is 0 Å². The third-order valence-corrected chi connectivity index (χ3v) is 18.0. The molecule has 0 radical (unpaired) electrons. The summed E-state index contributed by atoms with van der Waals surface area (Å²) in [6, 6.07) is 48.3. The van der Waals surface area contributed by atoms with Crippen LogP contribution in [-0.4, -0.2) is 42.4 Å². The van der Waals surface area contributed by atoms with Gasteiger partial charge in [-0.3, -0.25) is 27.5 Å². The highest BCUT2D eigenvalue weighted by atomic mass is 15.2. The number of rotatable bonds is 14. The van der Waals surface area contributed by atoms with E-state index < -0.39 is 0 Å². The van der Waals surface area contributed by atoms with E-state index in [0.717, 1.165) is 78.5 Å². The molecule has 9 nitrogen and oxygen atoms in total. The van der Waals surface area contributed by atoms with Gasteiger partial charge in [0.15, 0.2) is 0 Å². The number of hydrogen-bond donors (Lipinski definition) is 0. The van der Waals surface area contributed by atoms with Crippen molar-refractivity contribution in [3.63, 3.8) is 0 Å². The van der Waals surface area contributed by atoms with Crippen molar-refractivity contribution in [1.82, 2.24) is 42.4 Å². The minimum absolute atomic E-state index is 0.316.